The fourth-order valence-corrected chi connectivity index (χ4v) is 2.88. The van der Waals surface area contributed by atoms with Gasteiger partial charge in [0, 0.05) is 22.6 Å². The van der Waals surface area contributed by atoms with Crippen LogP contribution in [0, 0.1) is 0 Å². The van der Waals surface area contributed by atoms with Gasteiger partial charge in [-0.15, -0.1) is 0 Å². The molecule has 3 rings (SSSR count). The number of carbonyl (C=O) groups excluding carboxylic acids is 1. The maximum atomic E-state index is 12.9. The molecular formula is C21H15ClF3N3O3. The number of hydrogen-bond donors (Lipinski definition) is 3. The van der Waals surface area contributed by atoms with E-state index in [1.807, 2.05) is 0 Å². The van der Waals surface area contributed by atoms with E-state index in [0.717, 1.165) is 12.3 Å². The van der Waals surface area contributed by atoms with Crippen LogP contribution in [0.25, 0.3) is 0 Å². The minimum Gasteiger partial charge on any atom is -0.481 e. The second-order valence-electron chi connectivity index (χ2n) is 6.46. The van der Waals surface area contributed by atoms with E-state index in [2.05, 4.69) is 15.6 Å². The van der Waals surface area contributed by atoms with Crippen LogP contribution in [0.2, 0.25) is 5.02 Å². The summed E-state index contributed by atoms with van der Waals surface area (Å²) in [6.45, 7) is 0. The number of alkyl halides is 3. The van der Waals surface area contributed by atoms with Gasteiger partial charge in [0.25, 0.3) is 5.91 Å². The van der Waals surface area contributed by atoms with Crippen molar-refractivity contribution < 1.29 is 27.9 Å². The van der Waals surface area contributed by atoms with Gasteiger partial charge in [-0.25, -0.2) is 0 Å². The van der Waals surface area contributed by atoms with E-state index >= 15 is 0 Å². The molecule has 10 heteroatoms. The lowest BCUT2D eigenvalue weighted by atomic mass is 10.1. The van der Waals surface area contributed by atoms with Crippen molar-refractivity contribution in [2.24, 2.45) is 0 Å². The summed E-state index contributed by atoms with van der Waals surface area (Å²) in [7, 11) is 0. The number of carboxylic acid groups (broad SMARTS) is 1. The number of halogens is 4. The fourth-order valence-electron chi connectivity index (χ4n) is 2.71. The number of rotatable bonds is 6. The van der Waals surface area contributed by atoms with Crippen molar-refractivity contribution in [1.82, 2.24) is 4.98 Å². The van der Waals surface area contributed by atoms with Crippen molar-refractivity contribution in [1.29, 1.82) is 0 Å². The van der Waals surface area contributed by atoms with E-state index in [1.165, 1.54) is 24.3 Å². The van der Waals surface area contributed by atoms with Gasteiger partial charge in [-0.2, -0.15) is 13.2 Å². The molecule has 0 saturated carbocycles. The van der Waals surface area contributed by atoms with Gasteiger partial charge in [0.15, 0.2) is 0 Å². The molecule has 0 atom stereocenters. The van der Waals surface area contributed by atoms with Crippen molar-refractivity contribution >= 4 is 40.5 Å². The minimum atomic E-state index is -4.61. The predicted octanol–water partition coefficient (Wildman–Crippen LogP) is 5.38. The average molecular weight is 450 g/mol. The third-order valence-electron chi connectivity index (χ3n) is 4.12. The van der Waals surface area contributed by atoms with Gasteiger partial charge >= 0.3 is 12.1 Å². The van der Waals surface area contributed by atoms with Gasteiger partial charge < -0.3 is 15.7 Å². The minimum absolute atomic E-state index is 0.0942. The zero-order chi connectivity index (χ0) is 22.6. The van der Waals surface area contributed by atoms with Gasteiger partial charge in [0.2, 0.25) is 0 Å². The topological polar surface area (TPSA) is 91.3 Å². The molecule has 0 spiro atoms. The second-order valence-corrected chi connectivity index (χ2v) is 6.90. The molecule has 1 heterocycles. The molecule has 6 nitrogen and oxygen atoms in total. The first-order valence-electron chi connectivity index (χ1n) is 8.84. The maximum absolute atomic E-state index is 12.9. The van der Waals surface area contributed by atoms with Crippen LogP contribution in [-0.4, -0.2) is 22.0 Å². The van der Waals surface area contributed by atoms with E-state index in [0.29, 0.717) is 11.3 Å². The lowest BCUT2D eigenvalue weighted by molar-refractivity contribution is -0.141. The average Bonchev–Trinajstić information content (AvgIpc) is 2.70. The van der Waals surface area contributed by atoms with Crippen molar-refractivity contribution in [2.45, 2.75) is 12.6 Å². The molecule has 0 aliphatic heterocycles. The van der Waals surface area contributed by atoms with Gasteiger partial charge in [0.05, 0.1) is 17.7 Å². The van der Waals surface area contributed by atoms with E-state index < -0.39 is 23.7 Å². The Balaban J connectivity index is 1.83. The van der Waals surface area contributed by atoms with Gasteiger partial charge in [0.1, 0.15) is 5.69 Å². The first-order valence-corrected chi connectivity index (χ1v) is 9.21. The summed E-state index contributed by atoms with van der Waals surface area (Å²) in [4.78, 5) is 26.8. The number of benzene rings is 2. The predicted molar refractivity (Wildman–Crippen MR) is 110 cm³/mol. The molecule has 0 radical (unpaired) electrons. The highest BCUT2D eigenvalue weighted by Crippen LogP contribution is 2.31. The Morgan fingerprint density at radius 2 is 1.71 bits per heavy atom. The molecule has 160 valence electrons. The number of anilines is 3. The fraction of sp³-hybridized carbons (Fsp3) is 0.0952. The summed E-state index contributed by atoms with van der Waals surface area (Å²) in [5.74, 6) is -1.53. The molecule has 0 unspecified atom stereocenters. The highest BCUT2D eigenvalue weighted by Gasteiger charge is 2.32. The Bertz CT molecular complexity index is 1120. The zero-order valence-corrected chi connectivity index (χ0v) is 16.5. The standard InChI is InChI=1S/C21H15ClF3N3O3/c22-13-3-6-17(27-15-7-8-26-18(11-15)21(23,24)25)16(10-13)20(31)28-14-4-1-12(2-5-14)9-19(29)30/h1-8,10-11H,9H2,(H,26,27)(H,28,31)(H,29,30). The number of carboxylic acids is 1. The lowest BCUT2D eigenvalue weighted by Gasteiger charge is -2.14. The second kappa shape index (κ2) is 9.05. The molecule has 31 heavy (non-hydrogen) atoms. The Labute approximate surface area is 179 Å². The molecule has 2 aromatic carbocycles. The molecule has 0 fully saturated rings. The first-order chi connectivity index (χ1) is 14.6. The van der Waals surface area contributed by atoms with Crippen molar-refractivity contribution in [3.8, 4) is 0 Å². The maximum Gasteiger partial charge on any atom is 0.433 e. The zero-order valence-electron chi connectivity index (χ0n) is 15.7. The number of amides is 1. The molecule has 3 aromatic rings. The molecule has 3 N–H and O–H groups in total. The number of carbonyl (C=O) groups is 2. The smallest absolute Gasteiger partial charge is 0.433 e. The number of nitrogens with one attached hydrogen (secondary N) is 2. The summed E-state index contributed by atoms with van der Waals surface area (Å²) >= 11 is 6.00. The first kappa shape index (κ1) is 22.1. The van der Waals surface area contributed by atoms with Gasteiger partial charge in [-0.3, -0.25) is 14.6 Å². The summed E-state index contributed by atoms with van der Waals surface area (Å²) in [5, 5.41) is 14.5. The Morgan fingerprint density at radius 1 is 1.00 bits per heavy atom. The number of nitrogens with zero attached hydrogens (tertiary/aromatic N) is 1. The van der Waals surface area contributed by atoms with Crippen LogP contribution in [0.5, 0.6) is 0 Å². The van der Waals surface area contributed by atoms with Crippen molar-refractivity contribution in [2.75, 3.05) is 10.6 Å². The van der Waals surface area contributed by atoms with Crippen LogP contribution < -0.4 is 10.6 Å². The number of hydrogen-bond acceptors (Lipinski definition) is 4. The van der Waals surface area contributed by atoms with Crippen LogP contribution >= 0.6 is 11.6 Å². The van der Waals surface area contributed by atoms with Gasteiger partial charge in [-0.05, 0) is 48.0 Å². The third kappa shape index (κ3) is 5.95. The van der Waals surface area contributed by atoms with Crippen molar-refractivity contribution in [3.63, 3.8) is 0 Å². The number of pyridine rings is 1. The number of aromatic nitrogens is 1. The van der Waals surface area contributed by atoms with Crippen LogP contribution in [0.1, 0.15) is 21.6 Å². The Morgan fingerprint density at radius 3 is 2.35 bits per heavy atom. The van der Waals surface area contributed by atoms with E-state index in [-0.39, 0.29) is 28.4 Å². The highest BCUT2D eigenvalue weighted by atomic mass is 35.5. The van der Waals surface area contributed by atoms with E-state index in [1.54, 1.807) is 24.3 Å². The monoisotopic (exact) mass is 449 g/mol. The Hall–Kier alpha value is -3.59. The van der Waals surface area contributed by atoms with Crippen molar-refractivity contribution in [3.05, 3.63) is 82.6 Å². The Kier molecular flexibility index (Phi) is 6.45. The quantitative estimate of drug-likeness (QED) is 0.470. The molecule has 1 aromatic heterocycles. The summed E-state index contributed by atoms with van der Waals surface area (Å²) in [6, 6.07) is 12.7. The molecule has 1 amide bonds. The van der Waals surface area contributed by atoms with Crippen LogP contribution in [0.4, 0.5) is 30.2 Å². The molecule has 0 bridgehead atoms. The summed E-state index contributed by atoms with van der Waals surface area (Å²) in [6.07, 6.45) is -3.74. The summed E-state index contributed by atoms with van der Waals surface area (Å²) in [5.41, 5.74) is 0.342. The number of aliphatic carboxylic acids is 1. The highest BCUT2D eigenvalue weighted by molar-refractivity contribution is 6.31. The summed E-state index contributed by atoms with van der Waals surface area (Å²) < 4.78 is 38.7. The largest absolute Gasteiger partial charge is 0.481 e. The van der Waals surface area contributed by atoms with E-state index in [9.17, 15) is 22.8 Å². The van der Waals surface area contributed by atoms with Gasteiger partial charge in [-0.1, -0.05) is 23.7 Å². The van der Waals surface area contributed by atoms with Crippen LogP contribution in [0.15, 0.2) is 60.8 Å². The molecule has 0 aliphatic carbocycles. The molecule has 0 aliphatic rings. The lowest BCUT2D eigenvalue weighted by Crippen LogP contribution is -2.14. The van der Waals surface area contributed by atoms with E-state index in [4.69, 9.17) is 16.7 Å². The third-order valence-corrected chi connectivity index (χ3v) is 4.36. The SMILES string of the molecule is O=C(O)Cc1ccc(NC(=O)c2cc(Cl)ccc2Nc2ccnc(C(F)(F)F)c2)cc1. The molecule has 0 saturated heterocycles. The molecular weight excluding hydrogens is 435 g/mol. The van der Waals surface area contributed by atoms with Crippen LogP contribution in [-0.2, 0) is 17.4 Å². The normalized spacial score (nSPS) is 11.1. The van der Waals surface area contributed by atoms with Crippen LogP contribution in [0.3, 0.4) is 0 Å².